The van der Waals surface area contributed by atoms with E-state index in [1.165, 1.54) is 30.7 Å². The Kier molecular flexibility index (Phi) is 6.99. The van der Waals surface area contributed by atoms with E-state index in [4.69, 9.17) is 13.9 Å². The van der Waals surface area contributed by atoms with Gasteiger partial charge < -0.3 is 24.2 Å². The van der Waals surface area contributed by atoms with E-state index in [1.54, 1.807) is 6.07 Å². The minimum absolute atomic E-state index is 0.00632. The Hall–Kier alpha value is -3.71. The van der Waals surface area contributed by atoms with Crippen LogP contribution in [-0.2, 0) is 15.7 Å². The van der Waals surface area contributed by atoms with Gasteiger partial charge in [0.1, 0.15) is 30.1 Å². The maximum atomic E-state index is 12.9. The van der Waals surface area contributed by atoms with Crippen molar-refractivity contribution in [2.75, 3.05) is 25.1 Å². The summed E-state index contributed by atoms with van der Waals surface area (Å²) in [5.41, 5.74) is 0.0969. The molecule has 0 fully saturated rings. The second-order valence-electron chi connectivity index (χ2n) is 6.12. The lowest BCUT2D eigenvalue weighted by molar-refractivity contribution is -0.140. The number of halogens is 3. The molecule has 0 unspecified atom stereocenters. The number of hydrogen-bond acceptors (Lipinski definition) is 5. The lowest BCUT2D eigenvalue weighted by Gasteiger charge is -2.13. The fourth-order valence-corrected chi connectivity index (χ4v) is 2.49. The predicted octanol–water partition coefficient (Wildman–Crippen LogP) is 4.09. The summed E-state index contributed by atoms with van der Waals surface area (Å²) < 4.78 is 54.3. The largest absolute Gasteiger partial charge is 0.489 e. The van der Waals surface area contributed by atoms with E-state index in [1.807, 2.05) is 6.92 Å². The molecule has 0 aliphatic rings. The van der Waals surface area contributed by atoms with Crippen LogP contribution in [0.15, 0.2) is 47.4 Å². The van der Waals surface area contributed by atoms with Crippen LogP contribution in [0.3, 0.4) is 0 Å². The number of imidazole rings is 1. The molecule has 0 saturated heterocycles. The van der Waals surface area contributed by atoms with Gasteiger partial charge in [0.25, 0.3) is 0 Å². The summed E-state index contributed by atoms with van der Waals surface area (Å²) in [6, 6.07) is 6.10. The number of alkyl halides is 3. The van der Waals surface area contributed by atoms with Gasteiger partial charge >= 0.3 is 12.1 Å². The zero-order chi connectivity index (χ0) is 22.3. The number of aromatic amines is 1. The Morgan fingerprint density at radius 1 is 1.29 bits per heavy atom. The van der Waals surface area contributed by atoms with E-state index in [0.717, 1.165) is 0 Å². The predicted molar refractivity (Wildman–Crippen MR) is 105 cm³/mol. The van der Waals surface area contributed by atoms with Crippen LogP contribution in [0.2, 0.25) is 0 Å². The van der Waals surface area contributed by atoms with Crippen LogP contribution in [0.1, 0.15) is 18.2 Å². The fourth-order valence-electron chi connectivity index (χ4n) is 2.49. The van der Waals surface area contributed by atoms with Gasteiger partial charge in [-0.05, 0) is 31.2 Å². The standard InChI is InChI=1S/C21H18F3N3O4/c1-2-29-9-10-31-17-5-4-15(20-25-12-18(27-20)21(22,23)24)11-16(17)26-19(28)6-3-14-7-8-30-13-14/h4-5,7-8,11-13H,2,9-10H2,1H3,(H,25,27)(H,26,28). The smallest absolute Gasteiger partial charge is 0.432 e. The zero-order valence-electron chi connectivity index (χ0n) is 16.4. The van der Waals surface area contributed by atoms with Gasteiger partial charge in [-0.2, -0.15) is 13.2 Å². The first-order valence-electron chi connectivity index (χ1n) is 9.19. The van der Waals surface area contributed by atoms with Crippen LogP contribution >= 0.6 is 0 Å². The third-order valence-corrected chi connectivity index (χ3v) is 3.91. The van der Waals surface area contributed by atoms with Crippen molar-refractivity contribution in [1.29, 1.82) is 0 Å². The molecule has 2 N–H and O–H groups in total. The minimum Gasteiger partial charge on any atom is -0.489 e. The molecule has 31 heavy (non-hydrogen) atoms. The highest BCUT2D eigenvalue weighted by molar-refractivity contribution is 6.05. The quantitative estimate of drug-likeness (QED) is 0.433. The van der Waals surface area contributed by atoms with Gasteiger partial charge in [0.05, 0.1) is 30.3 Å². The topological polar surface area (TPSA) is 89.4 Å². The monoisotopic (exact) mass is 433 g/mol. The molecular formula is C21H18F3N3O4. The number of aromatic nitrogens is 2. The van der Waals surface area contributed by atoms with Crippen LogP contribution in [0.4, 0.5) is 18.9 Å². The van der Waals surface area contributed by atoms with Crippen molar-refractivity contribution in [3.63, 3.8) is 0 Å². The Bertz CT molecular complexity index is 1080. The van der Waals surface area contributed by atoms with E-state index in [9.17, 15) is 18.0 Å². The van der Waals surface area contributed by atoms with Crippen molar-refractivity contribution < 1.29 is 31.9 Å². The molecule has 0 spiro atoms. The van der Waals surface area contributed by atoms with Crippen molar-refractivity contribution in [1.82, 2.24) is 9.97 Å². The van der Waals surface area contributed by atoms with E-state index < -0.39 is 17.8 Å². The molecule has 1 amide bonds. The first kappa shape index (κ1) is 22.0. The lowest BCUT2D eigenvalue weighted by Crippen LogP contribution is -2.12. The number of benzene rings is 1. The number of rotatable bonds is 7. The van der Waals surface area contributed by atoms with Crippen LogP contribution in [-0.4, -0.2) is 35.7 Å². The third kappa shape index (κ3) is 6.13. The van der Waals surface area contributed by atoms with E-state index >= 15 is 0 Å². The van der Waals surface area contributed by atoms with Crippen LogP contribution in [0.25, 0.3) is 11.4 Å². The Morgan fingerprint density at radius 2 is 2.13 bits per heavy atom. The van der Waals surface area contributed by atoms with Gasteiger partial charge in [-0.1, -0.05) is 5.92 Å². The molecule has 0 radical (unpaired) electrons. The molecule has 3 aromatic rings. The van der Waals surface area contributed by atoms with E-state index in [2.05, 4.69) is 27.1 Å². The Labute approximate surface area is 175 Å². The average molecular weight is 433 g/mol. The summed E-state index contributed by atoms with van der Waals surface area (Å²) in [5, 5.41) is 2.59. The number of carbonyl (C=O) groups excluding carboxylic acids is 1. The van der Waals surface area contributed by atoms with E-state index in [0.29, 0.717) is 36.3 Å². The highest BCUT2D eigenvalue weighted by atomic mass is 19.4. The Morgan fingerprint density at radius 3 is 2.81 bits per heavy atom. The van der Waals surface area contributed by atoms with Crippen LogP contribution in [0.5, 0.6) is 5.75 Å². The van der Waals surface area contributed by atoms with Crippen molar-refractivity contribution in [3.8, 4) is 29.0 Å². The number of H-pyrrole nitrogens is 1. The van der Waals surface area contributed by atoms with E-state index in [-0.39, 0.29) is 18.1 Å². The number of nitrogens with zero attached hydrogens (tertiary/aromatic N) is 1. The third-order valence-electron chi connectivity index (χ3n) is 3.91. The summed E-state index contributed by atoms with van der Waals surface area (Å²) in [7, 11) is 0. The molecular weight excluding hydrogens is 415 g/mol. The summed E-state index contributed by atoms with van der Waals surface area (Å²) in [5.74, 6) is 4.71. The minimum atomic E-state index is -4.55. The maximum absolute atomic E-state index is 12.9. The maximum Gasteiger partial charge on any atom is 0.432 e. The summed E-state index contributed by atoms with van der Waals surface area (Å²) in [6.45, 7) is 2.92. The summed E-state index contributed by atoms with van der Waals surface area (Å²) in [6.07, 6.45) is -1.03. The second kappa shape index (κ2) is 9.86. The summed E-state index contributed by atoms with van der Waals surface area (Å²) in [4.78, 5) is 18.2. The first-order chi connectivity index (χ1) is 14.9. The van der Waals surface area contributed by atoms with Crippen molar-refractivity contribution >= 4 is 11.6 Å². The Balaban J connectivity index is 1.84. The highest BCUT2D eigenvalue weighted by Gasteiger charge is 2.33. The number of carbonyl (C=O) groups is 1. The molecule has 2 heterocycles. The number of anilines is 1. The number of ether oxygens (including phenoxy) is 2. The van der Waals surface area contributed by atoms with Crippen LogP contribution in [0, 0.1) is 11.8 Å². The molecule has 10 heteroatoms. The van der Waals surface area contributed by atoms with Crippen molar-refractivity contribution in [3.05, 3.63) is 54.2 Å². The second-order valence-corrected chi connectivity index (χ2v) is 6.12. The number of furan rings is 1. The molecule has 0 atom stereocenters. The normalized spacial score (nSPS) is 11.0. The summed E-state index contributed by atoms with van der Waals surface area (Å²) >= 11 is 0. The lowest BCUT2D eigenvalue weighted by atomic mass is 10.1. The van der Waals surface area contributed by atoms with Gasteiger partial charge in [0, 0.05) is 18.1 Å². The number of amides is 1. The van der Waals surface area contributed by atoms with Gasteiger partial charge in [0.15, 0.2) is 0 Å². The van der Waals surface area contributed by atoms with Crippen molar-refractivity contribution in [2.24, 2.45) is 0 Å². The fraction of sp³-hybridized carbons (Fsp3) is 0.238. The molecule has 2 aromatic heterocycles. The molecule has 1 aromatic carbocycles. The molecule has 0 bridgehead atoms. The molecule has 0 aliphatic heterocycles. The van der Waals surface area contributed by atoms with Gasteiger partial charge in [-0.25, -0.2) is 4.98 Å². The van der Waals surface area contributed by atoms with Gasteiger partial charge in [-0.15, -0.1) is 0 Å². The molecule has 7 nitrogen and oxygen atoms in total. The number of hydrogen-bond donors (Lipinski definition) is 2. The molecule has 0 saturated carbocycles. The van der Waals surface area contributed by atoms with Crippen LogP contribution < -0.4 is 10.1 Å². The molecule has 0 aliphatic carbocycles. The first-order valence-corrected chi connectivity index (χ1v) is 9.19. The highest BCUT2D eigenvalue weighted by Crippen LogP contribution is 2.32. The van der Waals surface area contributed by atoms with Gasteiger partial charge in [0.2, 0.25) is 0 Å². The average Bonchev–Trinajstić information content (AvgIpc) is 3.42. The zero-order valence-corrected chi connectivity index (χ0v) is 16.4. The molecule has 3 rings (SSSR count). The van der Waals surface area contributed by atoms with Crippen molar-refractivity contribution in [2.45, 2.75) is 13.1 Å². The number of nitrogens with one attached hydrogen (secondary N) is 2. The molecule has 162 valence electrons. The van der Waals surface area contributed by atoms with Gasteiger partial charge in [-0.3, -0.25) is 4.79 Å². The SMILES string of the molecule is CCOCCOc1ccc(-c2ncc(C(F)(F)F)[nH]2)cc1NC(=O)C#Cc1ccoc1.